The van der Waals surface area contributed by atoms with Crippen LogP contribution in [0.2, 0.25) is 0 Å². The third-order valence-electron chi connectivity index (χ3n) is 2.06. The Morgan fingerprint density at radius 3 is 2.61 bits per heavy atom. The molecule has 2 N–H and O–H groups in total. The maximum Gasteiger partial charge on any atom is 0.371 e. The molecule has 0 unspecified atom stereocenters. The van der Waals surface area contributed by atoms with Crippen LogP contribution in [0.4, 0.5) is 5.69 Å². The zero-order chi connectivity index (χ0) is 13.1. The lowest BCUT2D eigenvalue weighted by molar-refractivity contribution is 0.0660. The van der Waals surface area contributed by atoms with E-state index in [9.17, 15) is 9.59 Å². The minimum absolute atomic E-state index is 0.0730. The van der Waals surface area contributed by atoms with Crippen LogP contribution in [-0.4, -0.2) is 22.0 Å². The van der Waals surface area contributed by atoms with Crippen LogP contribution in [0.5, 0.6) is 0 Å². The predicted octanol–water partition coefficient (Wildman–Crippen LogP) is 2.39. The van der Waals surface area contributed by atoms with E-state index in [0.717, 1.165) is 0 Å². The van der Waals surface area contributed by atoms with E-state index in [1.165, 1.54) is 24.5 Å². The molecular formula is C11H7BrN2O4. The molecule has 92 valence electrons. The molecule has 0 spiro atoms. The number of carboxylic acids is 1. The number of carbonyl (C=O) groups is 2. The Morgan fingerprint density at radius 1 is 1.28 bits per heavy atom. The maximum atomic E-state index is 11.8. The first-order valence-corrected chi connectivity index (χ1v) is 5.61. The highest BCUT2D eigenvalue weighted by atomic mass is 79.9. The van der Waals surface area contributed by atoms with Gasteiger partial charge in [-0.3, -0.25) is 9.78 Å². The van der Waals surface area contributed by atoms with Crippen LogP contribution in [0.3, 0.4) is 0 Å². The van der Waals surface area contributed by atoms with Crippen molar-refractivity contribution in [3.63, 3.8) is 0 Å². The summed E-state index contributed by atoms with van der Waals surface area (Å²) in [4.78, 5) is 26.2. The lowest BCUT2D eigenvalue weighted by atomic mass is 10.3. The Kier molecular flexibility index (Phi) is 3.42. The van der Waals surface area contributed by atoms with E-state index in [4.69, 9.17) is 9.52 Å². The van der Waals surface area contributed by atoms with E-state index in [2.05, 4.69) is 26.2 Å². The molecule has 0 bridgehead atoms. The Labute approximate surface area is 110 Å². The molecular weight excluding hydrogens is 304 g/mol. The molecule has 0 saturated heterocycles. The summed E-state index contributed by atoms with van der Waals surface area (Å²) in [6, 6.07) is 4.12. The van der Waals surface area contributed by atoms with Gasteiger partial charge >= 0.3 is 5.97 Å². The first-order chi connectivity index (χ1) is 8.58. The molecule has 2 aromatic heterocycles. The van der Waals surface area contributed by atoms with Gasteiger partial charge in [-0.2, -0.15) is 0 Å². The minimum Gasteiger partial charge on any atom is -0.475 e. The number of anilines is 1. The van der Waals surface area contributed by atoms with Gasteiger partial charge in [0.05, 0.1) is 10.2 Å². The zero-order valence-corrected chi connectivity index (χ0v) is 10.5. The Bertz CT molecular complexity index is 609. The van der Waals surface area contributed by atoms with Gasteiger partial charge in [0.25, 0.3) is 5.91 Å². The van der Waals surface area contributed by atoms with Gasteiger partial charge in [0, 0.05) is 12.4 Å². The van der Waals surface area contributed by atoms with Crippen LogP contribution in [-0.2, 0) is 0 Å². The molecule has 0 aliphatic heterocycles. The summed E-state index contributed by atoms with van der Waals surface area (Å²) in [6.45, 7) is 0. The molecule has 0 atom stereocenters. The van der Waals surface area contributed by atoms with Gasteiger partial charge in [0.15, 0.2) is 5.76 Å². The van der Waals surface area contributed by atoms with Crippen molar-refractivity contribution in [3.05, 3.63) is 46.6 Å². The summed E-state index contributed by atoms with van der Waals surface area (Å²) < 4.78 is 5.49. The van der Waals surface area contributed by atoms with Gasteiger partial charge < -0.3 is 14.8 Å². The van der Waals surface area contributed by atoms with Crippen LogP contribution in [0.1, 0.15) is 21.1 Å². The van der Waals surface area contributed by atoms with Crippen molar-refractivity contribution in [2.75, 3.05) is 5.32 Å². The monoisotopic (exact) mass is 310 g/mol. The summed E-state index contributed by atoms with van der Waals surface area (Å²) >= 11 is 3.22. The fourth-order valence-electron chi connectivity index (χ4n) is 1.24. The van der Waals surface area contributed by atoms with Crippen molar-refractivity contribution in [1.82, 2.24) is 4.98 Å². The maximum absolute atomic E-state index is 11.8. The Balaban J connectivity index is 2.17. The SMILES string of the molecule is O=C(O)c1ccc(C(=O)Nc2ccncc2Br)o1. The third kappa shape index (κ3) is 2.57. The predicted molar refractivity (Wildman–Crippen MR) is 65.6 cm³/mol. The van der Waals surface area contributed by atoms with Crippen LogP contribution >= 0.6 is 15.9 Å². The number of carbonyl (C=O) groups excluding carboxylic acids is 1. The van der Waals surface area contributed by atoms with E-state index >= 15 is 0 Å². The molecule has 0 radical (unpaired) electrons. The van der Waals surface area contributed by atoms with Gasteiger partial charge in [-0.15, -0.1) is 0 Å². The highest BCUT2D eigenvalue weighted by Crippen LogP contribution is 2.21. The quantitative estimate of drug-likeness (QED) is 0.908. The Hall–Kier alpha value is -2.15. The number of carboxylic acid groups (broad SMARTS) is 1. The van der Waals surface area contributed by atoms with Crippen molar-refractivity contribution < 1.29 is 19.1 Å². The summed E-state index contributed by atoms with van der Waals surface area (Å²) in [5.74, 6) is -2.11. The van der Waals surface area contributed by atoms with Gasteiger partial charge in [-0.25, -0.2) is 4.79 Å². The molecule has 2 aromatic rings. The van der Waals surface area contributed by atoms with Crippen LogP contribution < -0.4 is 5.32 Å². The topological polar surface area (TPSA) is 92.4 Å². The molecule has 6 nitrogen and oxygen atoms in total. The van der Waals surface area contributed by atoms with Gasteiger partial charge in [-0.1, -0.05) is 0 Å². The van der Waals surface area contributed by atoms with Crippen molar-refractivity contribution >= 4 is 33.5 Å². The average Bonchev–Trinajstić information content (AvgIpc) is 2.81. The number of aromatic nitrogens is 1. The van der Waals surface area contributed by atoms with Crippen molar-refractivity contribution in [2.24, 2.45) is 0 Å². The molecule has 2 rings (SSSR count). The second kappa shape index (κ2) is 5.01. The lowest BCUT2D eigenvalue weighted by Gasteiger charge is -2.04. The molecule has 0 aliphatic rings. The Morgan fingerprint density at radius 2 is 2.00 bits per heavy atom. The smallest absolute Gasteiger partial charge is 0.371 e. The first-order valence-electron chi connectivity index (χ1n) is 4.82. The number of rotatable bonds is 3. The highest BCUT2D eigenvalue weighted by Gasteiger charge is 2.15. The molecule has 1 amide bonds. The van der Waals surface area contributed by atoms with Gasteiger partial charge in [0.2, 0.25) is 5.76 Å². The average molecular weight is 311 g/mol. The van der Waals surface area contributed by atoms with Crippen LogP contribution in [0.25, 0.3) is 0 Å². The van der Waals surface area contributed by atoms with E-state index < -0.39 is 11.9 Å². The number of pyridine rings is 1. The van der Waals surface area contributed by atoms with Crippen molar-refractivity contribution in [3.8, 4) is 0 Å². The van der Waals surface area contributed by atoms with E-state index in [1.807, 2.05) is 0 Å². The normalized spacial score (nSPS) is 10.1. The number of halogens is 1. The minimum atomic E-state index is -1.22. The molecule has 0 saturated carbocycles. The number of hydrogen-bond acceptors (Lipinski definition) is 4. The second-order valence-electron chi connectivity index (χ2n) is 3.28. The first kappa shape index (κ1) is 12.3. The van der Waals surface area contributed by atoms with Crippen molar-refractivity contribution in [1.29, 1.82) is 0 Å². The highest BCUT2D eigenvalue weighted by molar-refractivity contribution is 9.10. The molecule has 7 heteroatoms. The molecule has 18 heavy (non-hydrogen) atoms. The van der Waals surface area contributed by atoms with Crippen molar-refractivity contribution in [2.45, 2.75) is 0 Å². The largest absolute Gasteiger partial charge is 0.475 e. The fraction of sp³-hybridized carbons (Fsp3) is 0. The van der Waals surface area contributed by atoms with Gasteiger partial charge in [-0.05, 0) is 34.1 Å². The number of aromatic carboxylic acids is 1. The molecule has 0 aliphatic carbocycles. The number of nitrogens with zero attached hydrogens (tertiary/aromatic N) is 1. The lowest BCUT2D eigenvalue weighted by Crippen LogP contribution is -2.11. The summed E-state index contributed by atoms with van der Waals surface area (Å²) in [7, 11) is 0. The van der Waals surface area contributed by atoms with E-state index in [1.54, 1.807) is 6.07 Å². The number of nitrogens with one attached hydrogen (secondary N) is 1. The molecule has 0 aromatic carbocycles. The summed E-state index contributed by atoms with van der Waals surface area (Å²) in [6.07, 6.45) is 3.05. The number of furan rings is 1. The second-order valence-corrected chi connectivity index (χ2v) is 4.13. The van der Waals surface area contributed by atoms with Gasteiger partial charge in [0.1, 0.15) is 0 Å². The standard InChI is InChI=1S/C11H7BrN2O4/c12-6-5-13-4-3-7(6)14-10(15)8-1-2-9(18-8)11(16)17/h1-5H,(H,16,17)(H,13,14,15). The van der Waals surface area contributed by atoms with E-state index in [0.29, 0.717) is 10.2 Å². The summed E-state index contributed by atoms with van der Waals surface area (Å²) in [5.41, 5.74) is 0.517. The number of hydrogen-bond donors (Lipinski definition) is 2. The van der Waals surface area contributed by atoms with E-state index in [-0.39, 0.29) is 11.5 Å². The third-order valence-corrected chi connectivity index (χ3v) is 2.69. The van der Waals surface area contributed by atoms with Crippen LogP contribution in [0.15, 0.2) is 39.5 Å². The molecule has 2 heterocycles. The number of amides is 1. The van der Waals surface area contributed by atoms with Crippen LogP contribution in [0, 0.1) is 0 Å². The molecule has 0 fully saturated rings. The zero-order valence-electron chi connectivity index (χ0n) is 8.88. The summed E-state index contributed by atoms with van der Waals surface area (Å²) in [5, 5.41) is 11.2. The fourth-order valence-corrected chi connectivity index (χ4v) is 1.58.